The zero-order chi connectivity index (χ0) is 14.2. The molecule has 0 spiro atoms. The predicted molar refractivity (Wildman–Crippen MR) is 78.5 cm³/mol. The minimum absolute atomic E-state index is 0.0196. The van der Waals surface area contributed by atoms with Crippen molar-refractivity contribution < 1.29 is 4.79 Å². The largest absolute Gasteiger partial charge is 0.399 e. The number of piperazine rings is 1. The van der Waals surface area contributed by atoms with Crippen LogP contribution >= 0.6 is 11.6 Å². The first-order chi connectivity index (χ1) is 8.81. The molecule has 5 heteroatoms. The van der Waals surface area contributed by atoms with Crippen LogP contribution in [-0.4, -0.2) is 47.9 Å². The van der Waals surface area contributed by atoms with Crippen molar-refractivity contribution in [1.29, 1.82) is 0 Å². The van der Waals surface area contributed by atoms with Gasteiger partial charge in [-0.15, -0.1) is 0 Å². The van der Waals surface area contributed by atoms with Gasteiger partial charge in [0.15, 0.2) is 0 Å². The molecule has 0 aliphatic carbocycles. The first-order valence-corrected chi connectivity index (χ1v) is 6.74. The topological polar surface area (TPSA) is 49.6 Å². The third kappa shape index (κ3) is 2.85. The number of amides is 1. The lowest BCUT2D eigenvalue weighted by molar-refractivity contribution is 0.0311. The van der Waals surface area contributed by atoms with Crippen LogP contribution in [0.4, 0.5) is 5.69 Å². The summed E-state index contributed by atoms with van der Waals surface area (Å²) in [4.78, 5) is 16.6. The van der Waals surface area contributed by atoms with Crippen molar-refractivity contribution >= 4 is 23.2 Å². The van der Waals surface area contributed by atoms with Crippen molar-refractivity contribution in [2.24, 2.45) is 0 Å². The fourth-order valence-electron chi connectivity index (χ4n) is 2.29. The van der Waals surface area contributed by atoms with E-state index < -0.39 is 0 Å². The lowest BCUT2D eigenvalue weighted by Gasteiger charge is -2.45. The molecule has 1 amide bonds. The van der Waals surface area contributed by atoms with Gasteiger partial charge in [-0.2, -0.15) is 0 Å². The number of carbonyl (C=O) groups is 1. The van der Waals surface area contributed by atoms with E-state index in [2.05, 4.69) is 25.8 Å². The van der Waals surface area contributed by atoms with Crippen LogP contribution in [0.2, 0.25) is 5.02 Å². The molecule has 2 rings (SSSR count). The number of anilines is 1. The molecule has 1 saturated heterocycles. The maximum absolute atomic E-state index is 12.5. The van der Waals surface area contributed by atoms with E-state index >= 15 is 0 Å². The molecule has 0 radical (unpaired) electrons. The summed E-state index contributed by atoms with van der Waals surface area (Å²) < 4.78 is 0. The Morgan fingerprint density at radius 3 is 2.63 bits per heavy atom. The van der Waals surface area contributed by atoms with Gasteiger partial charge in [0.05, 0.1) is 10.6 Å². The quantitative estimate of drug-likeness (QED) is 0.802. The molecule has 19 heavy (non-hydrogen) atoms. The molecule has 2 N–H and O–H groups in total. The van der Waals surface area contributed by atoms with Gasteiger partial charge in [0.1, 0.15) is 0 Å². The highest BCUT2D eigenvalue weighted by Gasteiger charge is 2.33. The standard InChI is InChI=1S/C14H20ClN3O/c1-14(2)9-18(7-6-17(14)3)13(19)11-5-4-10(16)8-12(11)15/h4-5,8H,6-7,9,16H2,1-3H3. The lowest BCUT2D eigenvalue weighted by atomic mass is 9.99. The Morgan fingerprint density at radius 2 is 2.05 bits per heavy atom. The summed E-state index contributed by atoms with van der Waals surface area (Å²) in [5.41, 5.74) is 6.73. The number of halogens is 1. The van der Waals surface area contributed by atoms with Gasteiger partial charge >= 0.3 is 0 Å². The van der Waals surface area contributed by atoms with Crippen LogP contribution in [0.15, 0.2) is 18.2 Å². The van der Waals surface area contributed by atoms with Gasteiger partial charge < -0.3 is 10.6 Å². The van der Waals surface area contributed by atoms with Gasteiger partial charge in [-0.25, -0.2) is 0 Å². The maximum atomic E-state index is 12.5. The van der Waals surface area contributed by atoms with E-state index in [4.69, 9.17) is 17.3 Å². The number of likely N-dealkylation sites (N-methyl/N-ethyl adjacent to an activating group) is 1. The lowest BCUT2D eigenvalue weighted by Crippen LogP contribution is -2.58. The number of hydrogen-bond acceptors (Lipinski definition) is 3. The van der Waals surface area contributed by atoms with E-state index in [9.17, 15) is 4.79 Å². The Kier molecular flexibility index (Phi) is 3.74. The molecule has 1 heterocycles. The molecule has 1 aromatic carbocycles. The van der Waals surface area contributed by atoms with Gasteiger partial charge in [0.25, 0.3) is 5.91 Å². The van der Waals surface area contributed by atoms with Gasteiger partial charge in [-0.1, -0.05) is 11.6 Å². The van der Waals surface area contributed by atoms with Crippen LogP contribution in [0.1, 0.15) is 24.2 Å². The molecular formula is C14H20ClN3O. The van der Waals surface area contributed by atoms with Crippen LogP contribution < -0.4 is 5.73 Å². The molecule has 0 bridgehead atoms. The highest BCUT2D eigenvalue weighted by atomic mass is 35.5. The fourth-order valence-corrected chi connectivity index (χ4v) is 2.56. The summed E-state index contributed by atoms with van der Waals surface area (Å²) in [7, 11) is 2.08. The summed E-state index contributed by atoms with van der Waals surface area (Å²) >= 11 is 6.11. The third-order valence-corrected chi connectivity index (χ3v) is 4.14. The molecule has 1 aliphatic rings. The van der Waals surface area contributed by atoms with Crippen molar-refractivity contribution in [3.8, 4) is 0 Å². The van der Waals surface area contributed by atoms with Crippen molar-refractivity contribution in [3.05, 3.63) is 28.8 Å². The van der Waals surface area contributed by atoms with E-state index in [-0.39, 0.29) is 11.4 Å². The number of rotatable bonds is 1. The van der Waals surface area contributed by atoms with Crippen LogP contribution in [0, 0.1) is 0 Å². The minimum atomic E-state index is -0.0221. The Morgan fingerprint density at radius 1 is 1.37 bits per heavy atom. The van der Waals surface area contributed by atoms with Crippen molar-refractivity contribution in [2.75, 3.05) is 32.4 Å². The summed E-state index contributed by atoms with van der Waals surface area (Å²) in [5.74, 6) is -0.0221. The normalized spacial score (nSPS) is 19.5. The number of carbonyl (C=O) groups excluding carboxylic acids is 1. The van der Waals surface area contributed by atoms with E-state index in [0.29, 0.717) is 22.8 Å². The predicted octanol–water partition coefficient (Wildman–Crippen LogP) is 2.09. The smallest absolute Gasteiger partial charge is 0.255 e. The number of benzene rings is 1. The summed E-state index contributed by atoms with van der Waals surface area (Å²) in [6.07, 6.45) is 0. The van der Waals surface area contributed by atoms with Crippen LogP contribution in [0.25, 0.3) is 0 Å². The molecule has 0 unspecified atom stereocenters. The van der Waals surface area contributed by atoms with Crippen LogP contribution in [-0.2, 0) is 0 Å². The zero-order valence-corrected chi connectivity index (χ0v) is 12.4. The van der Waals surface area contributed by atoms with Crippen molar-refractivity contribution in [1.82, 2.24) is 9.80 Å². The second kappa shape index (κ2) is 5.02. The van der Waals surface area contributed by atoms with E-state index in [0.717, 1.165) is 13.1 Å². The molecular weight excluding hydrogens is 262 g/mol. The Bertz CT molecular complexity index is 501. The molecule has 104 valence electrons. The first kappa shape index (κ1) is 14.2. The van der Waals surface area contributed by atoms with Gasteiger partial charge in [0.2, 0.25) is 0 Å². The molecule has 0 atom stereocenters. The summed E-state index contributed by atoms with van der Waals surface area (Å²) in [6.45, 7) is 6.56. The summed E-state index contributed by atoms with van der Waals surface area (Å²) in [6, 6.07) is 5.03. The van der Waals surface area contributed by atoms with E-state index in [1.807, 2.05) is 4.90 Å². The summed E-state index contributed by atoms with van der Waals surface area (Å²) in [5, 5.41) is 0.418. The fraction of sp³-hybridized carbons (Fsp3) is 0.500. The number of nitrogen functional groups attached to an aromatic ring is 1. The maximum Gasteiger partial charge on any atom is 0.255 e. The monoisotopic (exact) mass is 281 g/mol. The average Bonchev–Trinajstić information content (AvgIpc) is 2.32. The van der Waals surface area contributed by atoms with E-state index in [1.165, 1.54) is 0 Å². The highest BCUT2D eigenvalue weighted by Crippen LogP contribution is 2.24. The Labute approximate surface area is 119 Å². The first-order valence-electron chi connectivity index (χ1n) is 6.37. The molecule has 0 saturated carbocycles. The molecule has 0 aromatic heterocycles. The second-order valence-corrected chi connectivity index (χ2v) is 6.11. The number of nitrogens with zero attached hydrogens (tertiary/aromatic N) is 2. The molecule has 1 fully saturated rings. The van der Waals surface area contributed by atoms with Crippen LogP contribution in [0.3, 0.4) is 0 Å². The average molecular weight is 282 g/mol. The molecule has 1 aromatic rings. The van der Waals surface area contributed by atoms with Gasteiger partial charge in [-0.3, -0.25) is 9.69 Å². The van der Waals surface area contributed by atoms with Gasteiger partial charge in [-0.05, 0) is 39.1 Å². The zero-order valence-electron chi connectivity index (χ0n) is 11.6. The van der Waals surface area contributed by atoms with Gasteiger partial charge in [0, 0.05) is 30.9 Å². The molecule has 4 nitrogen and oxygen atoms in total. The van der Waals surface area contributed by atoms with E-state index in [1.54, 1.807) is 18.2 Å². The second-order valence-electron chi connectivity index (χ2n) is 5.70. The number of nitrogens with two attached hydrogens (primary N) is 1. The van der Waals surface area contributed by atoms with Crippen LogP contribution in [0.5, 0.6) is 0 Å². The Balaban J connectivity index is 2.21. The Hall–Kier alpha value is -1.26. The molecule has 1 aliphatic heterocycles. The minimum Gasteiger partial charge on any atom is -0.399 e. The van der Waals surface area contributed by atoms with Crippen molar-refractivity contribution in [3.63, 3.8) is 0 Å². The highest BCUT2D eigenvalue weighted by molar-refractivity contribution is 6.34. The third-order valence-electron chi connectivity index (χ3n) is 3.83. The SMILES string of the molecule is CN1CCN(C(=O)c2ccc(N)cc2Cl)CC1(C)C. The van der Waals surface area contributed by atoms with Crippen molar-refractivity contribution in [2.45, 2.75) is 19.4 Å². The number of hydrogen-bond donors (Lipinski definition) is 1.